The average molecular weight is 225 g/mol. The minimum Gasteiger partial charge on any atom is -0.394 e. The molecule has 0 aliphatic rings. The number of carbonyl (C=O) groups excluding carboxylic acids is 1. The first-order valence-corrected chi connectivity index (χ1v) is 3.84. The van der Waals surface area contributed by atoms with Crippen molar-refractivity contribution in [3.05, 3.63) is 10.1 Å². The summed E-state index contributed by atoms with van der Waals surface area (Å²) in [7, 11) is 0. The Hall–Kier alpha value is -1.13. The van der Waals surface area contributed by atoms with Gasteiger partial charge in [-0.25, -0.2) is 4.79 Å². The van der Waals surface area contributed by atoms with E-state index in [-0.39, 0.29) is 0 Å². The standard InChI is InChI=1S/C6H11NO8/c8-1-2(9)3(10)4(11)5(12)6(13)7(14)15/h2-5,8-12H,1H2/t2-,3+,4+,5-/m1/s1. The van der Waals surface area contributed by atoms with E-state index in [2.05, 4.69) is 0 Å². The van der Waals surface area contributed by atoms with Crippen molar-refractivity contribution >= 4 is 5.91 Å². The lowest BCUT2D eigenvalue weighted by Crippen LogP contribution is -2.50. The van der Waals surface area contributed by atoms with Crippen molar-refractivity contribution in [3.8, 4) is 0 Å². The molecule has 88 valence electrons. The summed E-state index contributed by atoms with van der Waals surface area (Å²) in [6, 6.07) is 0. The van der Waals surface area contributed by atoms with Crippen LogP contribution in [0.25, 0.3) is 0 Å². The van der Waals surface area contributed by atoms with Crippen molar-refractivity contribution in [2.45, 2.75) is 24.4 Å². The number of aliphatic hydroxyl groups is 5. The first-order chi connectivity index (χ1) is 6.82. The van der Waals surface area contributed by atoms with Gasteiger partial charge in [-0.2, -0.15) is 0 Å². The van der Waals surface area contributed by atoms with E-state index in [1.165, 1.54) is 0 Å². The maximum atomic E-state index is 10.5. The number of nitro groups is 1. The second-order valence-corrected chi connectivity index (χ2v) is 2.77. The number of hydrogen-bond acceptors (Lipinski definition) is 8. The largest absolute Gasteiger partial charge is 0.475 e. The van der Waals surface area contributed by atoms with Crippen molar-refractivity contribution in [3.63, 3.8) is 0 Å². The molecule has 0 rings (SSSR count). The summed E-state index contributed by atoms with van der Waals surface area (Å²) in [4.78, 5) is 19.0. The molecule has 0 unspecified atom stereocenters. The van der Waals surface area contributed by atoms with Crippen LogP contribution < -0.4 is 0 Å². The van der Waals surface area contributed by atoms with E-state index in [0.717, 1.165) is 0 Å². The molecule has 0 heterocycles. The summed E-state index contributed by atoms with van der Waals surface area (Å²) in [5.74, 6) is -1.91. The number of aliphatic hydroxyl groups excluding tert-OH is 5. The van der Waals surface area contributed by atoms with Crippen LogP contribution in [-0.4, -0.2) is 67.4 Å². The third-order valence-corrected chi connectivity index (χ3v) is 1.69. The molecule has 0 aromatic heterocycles. The lowest BCUT2D eigenvalue weighted by atomic mass is 10.0. The molecule has 9 heteroatoms. The van der Waals surface area contributed by atoms with Gasteiger partial charge in [-0.3, -0.25) is 10.1 Å². The van der Waals surface area contributed by atoms with Crippen LogP contribution in [0.2, 0.25) is 0 Å². The van der Waals surface area contributed by atoms with Crippen molar-refractivity contribution in [2.75, 3.05) is 6.61 Å². The fourth-order valence-electron chi connectivity index (χ4n) is 0.776. The van der Waals surface area contributed by atoms with Gasteiger partial charge < -0.3 is 25.5 Å². The first kappa shape index (κ1) is 13.9. The highest BCUT2D eigenvalue weighted by atomic mass is 16.6. The van der Waals surface area contributed by atoms with Gasteiger partial charge in [0.05, 0.1) is 6.61 Å². The summed E-state index contributed by atoms with van der Waals surface area (Å²) >= 11 is 0. The molecule has 15 heavy (non-hydrogen) atoms. The Morgan fingerprint density at radius 2 is 1.67 bits per heavy atom. The smallest absolute Gasteiger partial charge is 0.394 e. The van der Waals surface area contributed by atoms with Crippen molar-refractivity contribution in [1.82, 2.24) is 0 Å². The number of nitrogens with zero attached hydrogens (tertiary/aromatic N) is 1. The van der Waals surface area contributed by atoms with Crippen LogP contribution in [0.1, 0.15) is 0 Å². The third kappa shape index (κ3) is 3.49. The van der Waals surface area contributed by atoms with Gasteiger partial charge in [0.2, 0.25) is 6.10 Å². The molecule has 0 aromatic carbocycles. The zero-order valence-corrected chi connectivity index (χ0v) is 7.42. The van der Waals surface area contributed by atoms with Gasteiger partial charge in [-0.15, -0.1) is 0 Å². The molecule has 0 spiro atoms. The fourth-order valence-corrected chi connectivity index (χ4v) is 0.776. The topological polar surface area (TPSA) is 161 Å². The second kappa shape index (κ2) is 5.68. The quantitative estimate of drug-likeness (QED) is 0.235. The van der Waals surface area contributed by atoms with Gasteiger partial charge in [0.15, 0.2) is 0 Å². The number of amides is 1. The van der Waals surface area contributed by atoms with E-state index < -0.39 is 41.9 Å². The summed E-state index contributed by atoms with van der Waals surface area (Å²) < 4.78 is 0. The SMILES string of the molecule is O=C([C@H](O)[C@@H](O)[C@@H](O)[C@H](O)CO)[N+](=O)[O-]. The molecule has 9 nitrogen and oxygen atoms in total. The van der Waals surface area contributed by atoms with E-state index in [0.29, 0.717) is 0 Å². The summed E-state index contributed by atoms with van der Waals surface area (Å²) in [6.07, 6.45) is -8.58. The van der Waals surface area contributed by atoms with Crippen LogP contribution >= 0.6 is 0 Å². The second-order valence-electron chi connectivity index (χ2n) is 2.77. The normalized spacial score (nSPS) is 19.0. The van der Waals surface area contributed by atoms with E-state index in [1.54, 1.807) is 0 Å². The summed E-state index contributed by atoms with van der Waals surface area (Å²) in [6.45, 7) is -0.933. The van der Waals surface area contributed by atoms with Gasteiger partial charge in [-0.1, -0.05) is 0 Å². The molecule has 0 saturated heterocycles. The lowest BCUT2D eigenvalue weighted by molar-refractivity contribution is -0.411. The number of hydrogen-bond donors (Lipinski definition) is 5. The predicted molar refractivity (Wildman–Crippen MR) is 43.1 cm³/mol. The lowest BCUT2D eigenvalue weighted by Gasteiger charge is -2.22. The zero-order chi connectivity index (χ0) is 12.2. The Morgan fingerprint density at radius 3 is 2.00 bits per heavy atom. The van der Waals surface area contributed by atoms with Gasteiger partial charge in [0.1, 0.15) is 23.2 Å². The molecule has 0 fully saturated rings. The highest BCUT2D eigenvalue weighted by molar-refractivity contribution is 5.73. The molecule has 0 aromatic rings. The van der Waals surface area contributed by atoms with Gasteiger partial charge in [0, 0.05) is 0 Å². The fraction of sp³-hybridized carbons (Fsp3) is 0.833. The molecule has 0 bridgehead atoms. The molecular formula is C6H11NO8. The minimum atomic E-state index is -2.46. The molecule has 0 aliphatic heterocycles. The van der Waals surface area contributed by atoms with Gasteiger partial charge in [0.25, 0.3) is 0 Å². The zero-order valence-electron chi connectivity index (χ0n) is 7.42. The van der Waals surface area contributed by atoms with Crippen molar-refractivity contribution in [1.29, 1.82) is 0 Å². The first-order valence-electron chi connectivity index (χ1n) is 3.84. The monoisotopic (exact) mass is 225 g/mol. The van der Waals surface area contributed by atoms with Crippen LogP contribution in [0.3, 0.4) is 0 Å². The number of rotatable bonds is 5. The number of carbonyl (C=O) groups is 1. The van der Waals surface area contributed by atoms with Crippen LogP contribution in [0, 0.1) is 10.1 Å². The van der Waals surface area contributed by atoms with Crippen molar-refractivity contribution in [2.24, 2.45) is 0 Å². The highest BCUT2D eigenvalue weighted by Gasteiger charge is 2.39. The van der Waals surface area contributed by atoms with E-state index >= 15 is 0 Å². The van der Waals surface area contributed by atoms with Crippen LogP contribution in [0.5, 0.6) is 0 Å². The van der Waals surface area contributed by atoms with Crippen LogP contribution in [0.4, 0.5) is 0 Å². The van der Waals surface area contributed by atoms with Crippen molar-refractivity contribution < 1.29 is 35.3 Å². The Kier molecular flexibility index (Phi) is 5.25. The Balaban J connectivity index is 4.50. The molecular weight excluding hydrogens is 214 g/mol. The van der Waals surface area contributed by atoms with Crippen LogP contribution in [0.15, 0.2) is 0 Å². The molecule has 0 radical (unpaired) electrons. The van der Waals surface area contributed by atoms with E-state index in [1.807, 2.05) is 0 Å². The average Bonchev–Trinajstić information content (AvgIpc) is 2.23. The molecule has 5 N–H and O–H groups in total. The Bertz CT molecular complexity index is 243. The maximum absolute atomic E-state index is 10.5. The van der Waals surface area contributed by atoms with E-state index in [9.17, 15) is 14.9 Å². The minimum absolute atomic E-state index is 0.933. The molecule has 4 atom stereocenters. The molecule has 0 aliphatic carbocycles. The Morgan fingerprint density at radius 1 is 1.20 bits per heavy atom. The molecule has 0 saturated carbocycles. The Labute approximate surface area is 83.3 Å². The maximum Gasteiger partial charge on any atom is 0.475 e. The predicted octanol–water partition coefficient (Wildman–Crippen LogP) is -3.77. The third-order valence-electron chi connectivity index (χ3n) is 1.69. The van der Waals surface area contributed by atoms with E-state index in [4.69, 9.17) is 25.5 Å². The van der Waals surface area contributed by atoms with Gasteiger partial charge in [-0.05, 0) is 0 Å². The summed E-state index contributed by atoms with van der Waals surface area (Å²) in [5, 5.41) is 54.0. The molecule has 1 amide bonds. The summed E-state index contributed by atoms with van der Waals surface area (Å²) in [5.41, 5.74) is 0. The van der Waals surface area contributed by atoms with Crippen LogP contribution in [-0.2, 0) is 4.79 Å². The highest BCUT2D eigenvalue weighted by Crippen LogP contribution is 2.06. The van der Waals surface area contributed by atoms with Gasteiger partial charge >= 0.3 is 5.91 Å².